The molecule has 2 atom stereocenters. The lowest BCUT2D eigenvalue weighted by atomic mass is 9.81. The molecule has 2 heterocycles. The van der Waals surface area contributed by atoms with E-state index in [1.807, 2.05) is 14.0 Å². The van der Waals surface area contributed by atoms with E-state index < -0.39 is 10.0 Å². The third-order valence-corrected chi connectivity index (χ3v) is 7.84. The summed E-state index contributed by atoms with van der Waals surface area (Å²) in [6.07, 6.45) is 0.620. The van der Waals surface area contributed by atoms with E-state index >= 15 is 0 Å². The van der Waals surface area contributed by atoms with Crippen LogP contribution in [0.15, 0.2) is 17.0 Å². The largest absolute Gasteiger partial charge is 0.496 e. The number of nitrogens with one attached hydrogen (secondary N) is 1. The molecule has 0 bridgehead atoms. The lowest BCUT2D eigenvalue weighted by Gasteiger charge is -2.43. The number of hydrogen-bond acceptors (Lipinski definition) is 5. The van der Waals surface area contributed by atoms with Crippen molar-refractivity contribution in [3.05, 3.63) is 23.3 Å². The van der Waals surface area contributed by atoms with Gasteiger partial charge in [0.05, 0.1) is 17.5 Å². The molecule has 1 amide bonds. The number of carbonyl (C=O) groups is 1. The van der Waals surface area contributed by atoms with Gasteiger partial charge in [0, 0.05) is 39.0 Å². The molecule has 27 heavy (non-hydrogen) atoms. The van der Waals surface area contributed by atoms with Crippen LogP contribution < -0.4 is 10.1 Å². The highest BCUT2D eigenvalue weighted by molar-refractivity contribution is 7.89. The minimum absolute atomic E-state index is 0.0618. The maximum atomic E-state index is 13.3. The molecule has 150 valence electrons. The smallest absolute Gasteiger partial charge is 0.243 e. The lowest BCUT2D eigenvalue weighted by Crippen LogP contribution is -2.61. The highest BCUT2D eigenvalue weighted by Crippen LogP contribution is 2.37. The SMILES string of the molecule is COc1cc(C)c(S(=O)(=O)N2CC[C@@]3(NC(C)=O)CN(C)C[C@H]3C2)cc1C. The van der Waals surface area contributed by atoms with Crippen LogP contribution in [0.5, 0.6) is 5.75 Å². The van der Waals surface area contributed by atoms with Crippen molar-refractivity contribution < 1.29 is 17.9 Å². The van der Waals surface area contributed by atoms with E-state index in [9.17, 15) is 13.2 Å². The Morgan fingerprint density at radius 2 is 1.96 bits per heavy atom. The maximum absolute atomic E-state index is 13.3. The van der Waals surface area contributed by atoms with Crippen LogP contribution in [0.3, 0.4) is 0 Å². The molecule has 8 heteroatoms. The molecule has 1 N–H and O–H groups in total. The van der Waals surface area contributed by atoms with Gasteiger partial charge in [0.15, 0.2) is 0 Å². The normalized spacial score (nSPS) is 26.6. The fourth-order valence-corrected chi connectivity index (χ4v) is 6.35. The van der Waals surface area contributed by atoms with Gasteiger partial charge in [-0.25, -0.2) is 8.42 Å². The van der Waals surface area contributed by atoms with E-state index in [-0.39, 0.29) is 17.4 Å². The van der Waals surface area contributed by atoms with Crippen LogP contribution in [0.2, 0.25) is 0 Å². The second-order valence-corrected chi connectivity index (χ2v) is 9.84. The first-order valence-corrected chi connectivity index (χ1v) is 10.7. The van der Waals surface area contributed by atoms with E-state index in [4.69, 9.17) is 4.74 Å². The van der Waals surface area contributed by atoms with Gasteiger partial charge in [0.1, 0.15) is 5.75 Å². The number of nitrogens with zero attached hydrogens (tertiary/aromatic N) is 2. The number of piperidine rings is 1. The number of fused-ring (bicyclic) bond motifs is 1. The van der Waals surface area contributed by atoms with Crippen LogP contribution in [0.4, 0.5) is 0 Å². The zero-order chi connectivity index (χ0) is 20.0. The molecule has 2 aliphatic rings. The van der Waals surface area contributed by atoms with Crippen LogP contribution in [0, 0.1) is 19.8 Å². The van der Waals surface area contributed by atoms with Crippen LogP contribution >= 0.6 is 0 Å². The standard InChI is InChI=1S/C19H29N3O4S/c1-13-9-18(14(2)8-17(13)26-5)27(24,25)22-7-6-19(20-15(3)23)12-21(4)10-16(19)11-22/h8-9,16H,6-7,10-12H2,1-5H3,(H,20,23)/t16-,19+/m0/s1. The number of hydrogen-bond donors (Lipinski definition) is 1. The summed E-state index contributed by atoms with van der Waals surface area (Å²) >= 11 is 0. The Morgan fingerprint density at radius 1 is 1.26 bits per heavy atom. The molecule has 7 nitrogen and oxygen atoms in total. The number of carbonyl (C=O) groups excluding carboxylic acids is 1. The van der Waals surface area contributed by atoms with E-state index in [2.05, 4.69) is 10.2 Å². The van der Waals surface area contributed by atoms with Gasteiger partial charge < -0.3 is 15.0 Å². The zero-order valence-corrected chi connectivity index (χ0v) is 17.5. The van der Waals surface area contributed by atoms with Crippen molar-refractivity contribution in [1.82, 2.24) is 14.5 Å². The molecular formula is C19H29N3O4S. The molecular weight excluding hydrogens is 366 g/mol. The Balaban J connectivity index is 1.90. The summed E-state index contributed by atoms with van der Waals surface area (Å²) in [7, 11) is -0.0113. The van der Waals surface area contributed by atoms with Gasteiger partial charge in [-0.2, -0.15) is 4.31 Å². The number of amides is 1. The Morgan fingerprint density at radius 3 is 2.59 bits per heavy atom. The monoisotopic (exact) mass is 395 g/mol. The molecule has 3 rings (SSSR count). The maximum Gasteiger partial charge on any atom is 0.243 e. The molecule has 0 saturated carbocycles. The number of aryl methyl sites for hydroxylation is 2. The minimum Gasteiger partial charge on any atom is -0.496 e. The van der Waals surface area contributed by atoms with Crippen molar-refractivity contribution >= 4 is 15.9 Å². The van der Waals surface area contributed by atoms with E-state index in [1.165, 1.54) is 6.92 Å². The Bertz CT molecular complexity index is 855. The summed E-state index contributed by atoms with van der Waals surface area (Å²) in [6, 6.07) is 3.47. The highest BCUT2D eigenvalue weighted by Gasteiger charge is 2.51. The van der Waals surface area contributed by atoms with Gasteiger partial charge in [-0.3, -0.25) is 4.79 Å². The topological polar surface area (TPSA) is 79.0 Å². The predicted molar refractivity (Wildman–Crippen MR) is 103 cm³/mol. The fraction of sp³-hybridized carbons (Fsp3) is 0.632. The first-order chi connectivity index (χ1) is 12.6. The number of likely N-dealkylation sites (N-methyl/N-ethyl adjacent to an activating group) is 1. The van der Waals surface area contributed by atoms with Crippen molar-refractivity contribution in [2.45, 2.75) is 37.6 Å². The van der Waals surface area contributed by atoms with Crippen LogP contribution in [-0.4, -0.2) is 69.4 Å². The van der Waals surface area contributed by atoms with Crippen molar-refractivity contribution in [1.29, 1.82) is 0 Å². The lowest BCUT2D eigenvalue weighted by molar-refractivity contribution is -0.121. The van der Waals surface area contributed by atoms with Crippen LogP contribution in [0.25, 0.3) is 0 Å². The Hall–Kier alpha value is -1.64. The molecule has 0 spiro atoms. The van der Waals surface area contributed by atoms with Gasteiger partial charge in [-0.15, -0.1) is 0 Å². The minimum atomic E-state index is -3.60. The molecule has 1 aromatic carbocycles. The van der Waals surface area contributed by atoms with Gasteiger partial charge in [0.2, 0.25) is 15.9 Å². The number of benzene rings is 1. The highest BCUT2D eigenvalue weighted by atomic mass is 32.2. The molecule has 0 radical (unpaired) electrons. The number of ether oxygens (including phenoxy) is 1. The van der Waals surface area contributed by atoms with Gasteiger partial charge in [-0.1, -0.05) is 0 Å². The summed E-state index contributed by atoms with van der Waals surface area (Å²) in [5, 5.41) is 3.12. The second kappa shape index (κ2) is 7.07. The van der Waals surface area contributed by atoms with Crippen LogP contribution in [0.1, 0.15) is 24.5 Å². The number of sulfonamides is 1. The summed E-state index contributed by atoms with van der Waals surface area (Å²) in [4.78, 5) is 14.2. The van der Waals surface area contributed by atoms with Crippen molar-refractivity contribution in [2.75, 3.05) is 40.3 Å². The quantitative estimate of drug-likeness (QED) is 0.827. The Kier molecular flexibility index (Phi) is 5.26. The van der Waals surface area contributed by atoms with Gasteiger partial charge in [-0.05, 0) is 50.6 Å². The molecule has 2 aliphatic heterocycles. The van der Waals surface area contributed by atoms with Crippen LogP contribution in [-0.2, 0) is 14.8 Å². The van der Waals surface area contributed by atoms with Crippen molar-refractivity contribution in [3.63, 3.8) is 0 Å². The molecule has 0 aromatic heterocycles. The van der Waals surface area contributed by atoms with Crippen molar-refractivity contribution in [3.8, 4) is 5.75 Å². The first-order valence-electron chi connectivity index (χ1n) is 9.22. The summed E-state index contributed by atoms with van der Waals surface area (Å²) in [5.41, 5.74) is 1.14. The number of likely N-dealkylation sites (tertiary alicyclic amines) is 1. The summed E-state index contributed by atoms with van der Waals surface area (Å²) < 4.78 is 33.6. The predicted octanol–water partition coefficient (Wildman–Crippen LogP) is 1.14. The second-order valence-electron chi connectivity index (χ2n) is 7.93. The fourth-order valence-electron chi connectivity index (χ4n) is 4.58. The van der Waals surface area contributed by atoms with Crippen molar-refractivity contribution in [2.24, 2.45) is 5.92 Å². The summed E-state index contributed by atoms with van der Waals surface area (Å²) in [6.45, 7) is 7.51. The average molecular weight is 396 g/mol. The molecule has 2 fully saturated rings. The van der Waals surface area contributed by atoms with E-state index in [0.717, 1.165) is 18.7 Å². The summed E-state index contributed by atoms with van der Waals surface area (Å²) in [5.74, 6) is 0.704. The van der Waals surface area contributed by atoms with Gasteiger partial charge >= 0.3 is 0 Å². The molecule has 1 aromatic rings. The molecule has 2 saturated heterocycles. The molecule has 0 aliphatic carbocycles. The molecule has 0 unspecified atom stereocenters. The van der Waals surface area contributed by atoms with Gasteiger partial charge in [0.25, 0.3) is 0 Å². The number of rotatable bonds is 4. The Labute approximate surface area is 161 Å². The van der Waals surface area contributed by atoms with E-state index in [0.29, 0.717) is 35.7 Å². The first kappa shape index (κ1) is 20.1. The van der Waals surface area contributed by atoms with E-state index in [1.54, 1.807) is 30.5 Å². The number of methoxy groups -OCH3 is 1. The third-order valence-electron chi connectivity index (χ3n) is 5.83. The zero-order valence-electron chi connectivity index (χ0n) is 16.7. The average Bonchev–Trinajstić information content (AvgIpc) is 2.89. The third kappa shape index (κ3) is 3.58.